The third-order valence-electron chi connectivity index (χ3n) is 6.70. The Balaban J connectivity index is 1.42. The van der Waals surface area contributed by atoms with Crippen LogP contribution in [-0.4, -0.2) is 47.6 Å². The van der Waals surface area contributed by atoms with Crippen molar-refractivity contribution in [2.45, 2.75) is 26.3 Å². The van der Waals surface area contributed by atoms with Gasteiger partial charge in [-0.15, -0.1) is 0 Å². The Labute approximate surface area is 224 Å². The topological polar surface area (TPSA) is 83.5 Å². The van der Waals surface area contributed by atoms with Crippen molar-refractivity contribution in [1.82, 2.24) is 14.7 Å². The minimum Gasteiger partial charge on any atom is -0.492 e. The Kier molecular flexibility index (Phi) is 9.02. The zero-order valence-electron chi connectivity index (χ0n) is 22.0. The summed E-state index contributed by atoms with van der Waals surface area (Å²) >= 11 is 0. The van der Waals surface area contributed by atoms with Gasteiger partial charge in [0.25, 0.3) is 5.56 Å². The first-order valence-electron chi connectivity index (χ1n) is 12.8. The highest BCUT2D eigenvalue weighted by Crippen LogP contribution is 2.20. The summed E-state index contributed by atoms with van der Waals surface area (Å²) in [6, 6.07) is 20.3. The maximum absolute atomic E-state index is 12.5. The van der Waals surface area contributed by atoms with E-state index in [9.17, 15) is 10.1 Å². The van der Waals surface area contributed by atoms with Crippen LogP contribution in [-0.2, 0) is 11.3 Å². The largest absolute Gasteiger partial charge is 0.492 e. The Hall–Kier alpha value is -4.28. The van der Waals surface area contributed by atoms with E-state index in [2.05, 4.69) is 34.7 Å². The van der Waals surface area contributed by atoms with E-state index in [1.165, 1.54) is 10.7 Å². The fourth-order valence-corrected chi connectivity index (χ4v) is 4.34. The van der Waals surface area contributed by atoms with E-state index in [0.29, 0.717) is 36.0 Å². The molecular formula is C31H33N5O2. The first-order valence-corrected chi connectivity index (χ1v) is 12.8. The third kappa shape index (κ3) is 7.15. The number of nitrogens with zero attached hydrogens (tertiary/aromatic N) is 5. The van der Waals surface area contributed by atoms with Crippen LogP contribution in [0.25, 0.3) is 17.0 Å². The van der Waals surface area contributed by atoms with Gasteiger partial charge in [0.15, 0.2) is 0 Å². The molecule has 3 aromatic rings. The van der Waals surface area contributed by atoms with E-state index in [0.717, 1.165) is 48.4 Å². The smallest absolute Gasteiger partial charge is 0.267 e. The SMILES string of the molecule is C=C(N=C/C(=C\C)OCC1CCN(C)CC1)c1cccc(Cn2nc(-c3cccc(C#N)c3)ccc2=O)c1. The van der Waals surface area contributed by atoms with Gasteiger partial charge in [0, 0.05) is 11.6 Å². The van der Waals surface area contributed by atoms with Gasteiger partial charge in [-0.1, -0.05) is 36.9 Å². The zero-order chi connectivity index (χ0) is 26.9. The molecule has 0 atom stereocenters. The van der Waals surface area contributed by atoms with Gasteiger partial charge in [-0.25, -0.2) is 4.68 Å². The number of nitriles is 1. The predicted molar refractivity (Wildman–Crippen MR) is 152 cm³/mol. The van der Waals surface area contributed by atoms with E-state index in [4.69, 9.17) is 4.74 Å². The first-order chi connectivity index (χ1) is 18.4. The summed E-state index contributed by atoms with van der Waals surface area (Å²) in [4.78, 5) is 19.4. The van der Waals surface area contributed by atoms with Crippen LogP contribution in [0.1, 0.15) is 36.5 Å². The Bertz CT molecular complexity index is 1440. The van der Waals surface area contributed by atoms with E-state index in [1.54, 1.807) is 30.5 Å². The molecule has 194 valence electrons. The second-order valence-electron chi connectivity index (χ2n) is 9.56. The molecule has 4 rings (SSSR count). The first kappa shape index (κ1) is 26.8. The number of aliphatic imine (C=N–C) groups is 1. The quantitative estimate of drug-likeness (QED) is 0.296. The molecule has 38 heavy (non-hydrogen) atoms. The van der Waals surface area contributed by atoms with Crippen molar-refractivity contribution < 1.29 is 4.74 Å². The van der Waals surface area contributed by atoms with Crippen molar-refractivity contribution in [2.75, 3.05) is 26.7 Å². The highest BCUT2D eigenvalue weighted by Gasteiger charge is 2.17. The van der Waals surface area contributed by atoms with Crippen LogP contribution >= 0.6 is 0 Å². The average Bonchev–Trinajstić information content (AvgIpc) is 2.95. The third-order valence-corrected chi connectivity index (χ3v) is 6.70. The van der Waals surface area contributed by atoms with Gasteiger partial charge in [0.1, 0.15) is 5.76 Å². The number of hydrogen-bond acceptors (Lipinski definition) is 6. The maximum atomic E-state index is 12.5. The van der Waals surface area contributed by atoms with Crippen LogP contribution < -0.4 is 5.56 Å². The number of likely N-dealkylation sites (tertiary alicyclic amines) is 1. The second-order valence-corrected chi connectivity index (χ2v) is 9.56. The van der Waals surface area contributed by atoms with Crippen molar-refractivity contribution in [2.24, 2.45) is 10.9 Å². The molecule has 0 aliphatic carbocycles. The number of rotatable bonds is 9. The number of piperidine rings is 1. The maximum Gasteiger partial charge on any atom is 0.267 e. The molecule has 0 spiro atoms. The molecule has 0 N–H and O–H groups in total. The summed E-state index contributed by atoms with van der Waals surface area (Å²) in [6.07, 6.45) is 5.93. The molecule has 0 saturated carbocycles. The predicted octanol–water partition coefficient (Wildman–Crippen LogP) is 5.13. The summed E-state index contributed by atoms with van der Waals surface area (Å²) in [5.74, 6) is 1.30. The standard InChI is InChI=1S/C31H33N5O2/c1-4-29(38-22-24-13-15-35(3)16-14-24)20-33-23(2)27-9-6-8-26(18-27)21-36-31(37)12-11-30(34-36)28-10-5-7-25(17-28)19-32/h4-12,17-18,20,24H,2,13-16,21-22H2,1,3H3/b29-4+,33-20?. The second kappa shape index (κ2) is 12.8. The lowest BCUT2D eigenvalue weighted by atomic mass is 9.98. The minimum absolute atomic E-state index is 0.202. The minimum atomic E-state index is -0.202. The van der Waals surface area contributed by atoms with E-state index in [-0.39, 0.29) is 5.56 Å². The highest BCUT2D eigenvalue weighted by molar-refractivity contribution is 5.82. The number of hydrogen-bond donors (Lipinski definition) is 0. The van der Waals surface area contributed by atoms with E-state index < -0.39 is 0 Å². The van der Waals surface area contributed by atoms with Crippen molar-refractivity contribution in [3.8, 4) is 17.3 Å². The summed E-state index contributed by atoms with van der Waals surface area (Å²) in [5, 5.41) is 13.7. The average molecular weight is 508 g/mol. The normalized spacial score (nSPS) is 14.9. The van der Waals surface area contributed by atoms with Crippen LogP contribution in [0.15, 0.2) is 88.9 Å². The molecule has 0 unspecified atom stereocenters. The van der Waals surface area contributed by atoms with Crippen LogP contribution in [0.5, 0.6) is 0 Å². The van der Waals surface area contributed by atoms with Crippen molar-refractivity contribution in [1.29, 1.82) is 5.26 Å². The Morgan fingerprint density at radius 1 is 1.18 bits per heavy atom. The lowest BCUT2D eigenvalue weighted by molar-refractivity contribution is 0.126. The summed E-state index contributed by atoms with van der Waals surface area (Å²) in [5.41, 5.74) is 4.13. The van der Waals surface area contributed by atoms with Gasteiger partial charge in [-0.05, 0) is 87.3 Å². The number of ether oxygens (including phenoxy) is 1. The van der Waals surface area contributed by atoms with Crippen molar-refractivity contribution >= 4 is 11.9 Å². The fourth-order valence-electron chi connectivity index (χ4n) is 4.34. The van der Waals surface area contributed by atoms with Crippen LogP contribution in [0.4, 0.5) is 0 Å². The zero-order valence-corrected chi connectivity index (χ0v) is 22.0. The molecule has 1 aliphatic heterocycles. The lowest BCUT2D eigenvalue weighted by Crippen LogP contribution is -2.31. The number of aromatic nitrogens is 2. The molecule has 0 bridgehead atoms. The molecule has 1 aliphatic rings. The van der Waals surface area contributed by atoms with E-state index >= 15 is 0 Å². The fraction of sp³-hybridized carbons (Fsp3) is 0.290. The summed E-state index contributed by atoms with van der Waals surface area (Å²) < 4.78 is 7.44. The van der Waals surface area contributed by atoms with Crippen LogP contribution in [0.3, 0.4) is 0 Å². The summed E-state index contributed by atoms with van der Waals surface area (Å²) in [7, 11) is 2.16. The molecular weight excluding hydrogens is 474 g/mol. The molecule has 0 radical (unpaired) electrons. The van der Waals surface area contributed by atoms with Crippen LogP contribution in [0, 0.1) is 17.2 Å². The van der Waals surface area contributed by atoms with Crippen molar-refractivity contribution in [3.63, 3.8) is 0 Å². The van der Waals surface area contributed by atoms with Gasteiger partial charge in [0.05, 0.1) is 42.4 Å². The summed E-state index contributed by atoms with van der Waals surface area (Å²) in [6.45, 7) is 9.29. The van der Waals surface area contributed by atoms with Crippen molar-refractivity contribution in [3.05, 3.63) is 106 Å². The molecule has 2 aromatic carbocycles. The Morgan fingerprint density at radius 2 is 1.97 bits per heavy atom. The molecule has 1 saturated heterocycles. The van der Waals surface area contributed by atoms with E-state index in [1.807, 2.05) is 43.3 Å². The molecule has 1 fully saturated rings. The highest BCUT2D eigenvalue weighted by atomic mass is 16.5. The molecule has 7 heteroatoms. The molecule has 7 nitrogen and oxygen atoms in total. The van der Waals surface area contributed by atoms with Gasteiger partial charge < -0.3 is 9.64 Å². The van der Waals surface area contributed by atoms with Gasteiger partial charge >= 0.3 is 0 Å². The van der Waals surface area contributed by atoms with Crippen LogP contribution in [0.2, 0.25) is 0 Å². The van der Waals surface area contributed by atoms with Gasteiger partial charge in [-0.3, -0.25) is 9.79 Å². The number of benzene rings is 2. The van der Waals surface area contributed by atoms with Gasteiger partial charge in [0.2, 0.25) is 0 Å². The molecule has 0 amide bonds. The molecule has 1 aromatic heterocycles. The lowest BCUT2D eigenvalue weighted by Gasteiger charge is -2.28. The molecule has 2 heterocycles. The monoisotopic (exact) mass is 507 g/mol. The number of allylic oxidation sites excluding steroid dienone is 2. The Morgan fingerprint density at radius 3 is 2.74 bits per heavy atom. The van der Waals surface area contributed by atoms with Gasteiger partial charge in [-0.2, -0.15) is 10.4 Å².